The number of ether oxygens (including phenoxy) is 1. The minimum atomic E-state index is -0.224. The molecular formula is C16H15BrClNO2. The Hall–Kier alpha value is -1.52. The van der Waals surface area contributed by atoms with Gasteiger partial charge in [0, 0.05) is 9.50 Å². The summed E-state index contributed by atoms with van der Waals surface area (Å²) in [5, 5.41) is 3.43. The lowest BCUT2D eigenvalue weighted by Crippen LogP contribution is -2.15. The van der Waals surface area contributed by atoms with Crippen LogP contribution in [0.3, 0.4) is 0 Å². The molecule has 110 valence electrons. The highest BCUT2D eigenvalue weighted by Crippen LogP contribution is 2.27. The molecule has 2 rings (SSSR count). The Balaban J connectivity index is 2.23. The molecule has 21 heavy (non-hydrogen) atoms. The number of benzene rings is 2. The van der Waals surface area contributed by atoms with Crippen LogP contribution in [0.25, 0.3) is 0 Å². The second-order valence-electron chi connectivity index (χ2n) is 4.74. The number of carbonyl (C=O) groups is 1. The van der Waals surface area contributed by atoms with Crippen LogP contribution in [0.5, 0.6) is 5.75 Å². The molecule has 0 heterocycles. The van der Waals surface area contributed by atoms with E-state index in [4.69, 9.17) is 16.3 Å². The van der Waals surface area contributed by atoms with Crippen LogP contribution in [0.15, 0.2) is 46.9 Å². The molecule has 0 radical (unpaired) electrons. The van der Waals surface area contributed by atoms with Gasteiger partial charge >= 0.3 is 0 Å². The van der Waals surface area contributed by atoms with Gasteiger partial charge in [-0.3, -0.25) is 4.79 Å². The zero-order valence-corrected chi connectivity index (χ0v) is 14.0. The van der Waals surface area contributed by atoms with Gasteiger partial charge in [-0.1, -0.05) is 23.7 Å². The van der Waals surface area contributed by atoms with Crippen molar-refractivity contribution in [1.82, 2.24) is 0 Å². The highest BCUT2D eigenvalue weighted by molar-refractivity contribution is 9.10. The van der Waals surface area contributed by atoms with Crippen LogP contribution >= 0.6 is 27.5 Å². The Labute approximate surface area is 137 Å². The predicted molar refractivity (Wildman–Crippen MR) is 89.3 cm³/mol. The lowest BCUT2D eigenvalue weighted by molar-refractivity contribution is 0.102. The van der Waals surface area contributed by atoms with Crippen LogP contribution in [0.1, 0.15) is 24.2 Å². The van der Waals surface area contributed by atoms with E-state index in [1.165, 1.54) is 0 Å². The van der Waals surface area contributed by atoms with Crippen LogP contribution in [0, 0.1) is 0 Å². The normalized spacial score (nSPS) is 10.5. The number of hydrogen-bond acceptors (Lipinski definition) is 2. The summed E-state index contributed by atoms with van der Waals surface area (Å²) in [6.45, 7) is 3.88. The quantitative estimate of drug-likeness (QED) is 0.811. The van der Waals surface area contributed by atoms with E-state index in [0.29, 0.717) is 26.5 Å². The van der Waals surface area contributed by atoms with Crippen LogP contribution in [0.2, 0.25) is 5.02 Å². The second-order valence-corrected chi connectivity index (χ2v) is 6.03. The first-order chi connectivity index (χ1) is 9.97. The molecule has 0 spiro atoms. The Kier molecular flexibility index (Phi) is 5.26. The zero-order valence-electron chi connectivity index (χ0n) is 11.7. The monoisotopic (exact) mass is 367 g/mol. The number of halogens is 2. The van der Waals surface area contributed by atoms with Gasteiger partial charge in [-0.2, -0.15) is 0 Å². The molecule has 1 amide bonds. The van der Waals surface area contributed by atoms with Gasteiger partial charge in [0.2, 0.25) is 0 Å². The average molecular weight is 369 g/mol. The van der Waals surface area contributed by atoms with E-state index < -0.39 is 0 Å². The molecule has 0 aliphatic carbocycles. The minimum absolute atomic E-state index is 0.0327. The van der Waals surface area contributed by atoms with Crippen molar-refractivity contribution in [2.24, 2.45) is 0 Å². The fraction of sp³-hybridized carbons (Fsp3) is 0.188. The molecule has 0 saturated carbocycles. The molecule has 0 atom stereocenters. The molecule has 3 nitrogen and oxygen atoms in total. The molecule has 5 heteroatoms. The van der Waals surface area contributed by atoms with Gasteiger partial charge < -0.3 is 10.1 Å². The maximum Gasteiger partial charge on any atom is 0.256 e. The van der Waals surface area contributed by atoms with E-state index in [9.17, 15) is 4.79 Å². The lowest BCUT2D eigenvalue weighted by Gasteiger charge is -2.15. The fourth-order valence-corrected chi connectivity index (χ4v) is 2.65. The summed E-state index contributed by atoms with van der Waals surface area (Å²) < 4.78 is 6.33. The summed E-state index contributed by atoms with van der Waals surface area (Å²) >= 11 is 9.23. The highest BCUT2D eigenvalue weighted by atomic mass is 79.9. The van der Waals surface area contributed by atoms with Crippen molar-refractivity contribution in [2.75, 3.05) is 5.32 Å². The molecule has 0 aliphatic heterocycles. The van der Waals surface area contributed by atoms with Crippen molar-refractivity contribution in [3.05, 3.63) is 57.5 Å². The molecular weight excluding hydrogens is 354 g/mol. The number of rotatable bonds is 4. The van der Waals surface area contributed by atoms with E-state index in [0.717, 1.165) is 0 Å². The van der Waals surface area contributed by atoms with Gasteiger partial charge in [-0.15, -0.1) is 0 Å². The highest BCUT2D eigenvalue weighted by Gasteiger charge is 2.13. The van der Waals surface area contributed by atoms with Crippen molar-refractivity contribution in [3.8, 4) is 5.75 Å². The molecule has 2 aromatic rings. The maximum absolute atomic E-state index is 12.3. The third kappa shape index (κ3) is 4.22. The summed E-state index contributed by atoms with van der Waals surface area (Å²) in [4.78, 5) is 12.3. The Bertz CT molecular complexity index is 658. The molecule has 2 aromatic carbocycles. The Morgan fingerprint density at radius 3 is 2.62 bits per heavy atom. The standard InChI is InChI=1S/C16H15BrClNO2/c1-10(2)21-15-6-4-3-5-14(15)19-16(20)12-8-7-11(18)9-13(12)17/h3-10H,1-2H3,(H,19,20). The largest absolute Gasteiger partial charge is 0.489 e. The summed E-state index contributed by atoms with van der Waals surface area (Å²) in [5.74, 6) is 0.421. The van der Waals surface area contributed by atoms with Gasteiger partial charge in [0.25, 0.3) is 5.91 Å². The SMILES string of the molecule is CC(C)Oc1ccccc1NC(=O)c1ccc(Cl)cc1Br. The minimum Gasteiger partial charge on any atom is -0.489 e. The summed E-state index contributed by atoms with van der Waals surface area (Å²) in [6.07, 6.45) is 0.0327. The summed E-state index contributed by atoms with van der Waals surface area (Å²) in [7, 11) is 0. The third-order valence-electron chi connectivity index (χ3n) is 2.67. The lowest BCUT2D eigenvalue weighted by atomic mass is 10.2. The first-order valence-corrected chi connectivity index (χ1v) is 7.66. The maximum atomic E-state index is 12.3. The number of anilines is 1. The number of amides is 1. The van der Waals surface area contributed by atoms with Crippen molar-refractivity contribution in [1.29, 1.82) is 0 Å². The van der Waals surface area contributed by atoms with Gasteiger partial charge in [0.05, 0.1) is 17.4 Å². The van der Waals surface area contributed by atoms with Crippen molar-refractivity contribution < 1.29 is 9.53 Å². The van der Waals surface area contributed by atoms with Crippen molar-refractivity contribution in [3.63, 3.8) is 0 Å². The van der Waals surface area contributed by atoms with Gasteiger partial charge in [-0.05, 0) is 60.1 Å². The van der Waals surface area contributed by atoms with Crippen LogP contribution in [0.4, 0.5) is 5.69 Å². The number of hydrogen-bond donors (Lipinski definition) is 1. The van der Waals surface area contributed by atoms with Crippen molar-refractivity contribution >= 4 is 39.1 Å². The van der Waals surface area contributed by atoms with Crippen LogP contribution < -0.4 is 10.1 Å². The number of carbonyl (C=O) groups excluding carboxylic acids is 1. The van der Waals surface area contributed by atoms with E-state index in [1.807, 2.05) is 32.0 Å². The van der Waals surface area contributed by atoms with E-state index >= 15 is 0 Å². The first-order valence-electron chi connectivity index (χ1n) is 6.49. The second kappa shape index (κ2) is 6.96. The van der Waals surface area contributed by atoms with Gasteiger partial charge in [0.15, 0.2) is 0 Å². The predicted octanol–water partition coefficient (Wildman–Crippen LogP) is 5.14. The molecule has 0 aliphatic rings. The Morgan fingerprint density at radius 1 is 1.24 bits per heavy atom. The smallest absolute Gasteiger partial charge is 0.256 e. The number of para-hydroxylation sites is 2. The third-order valence-corrected chi connectivity index (χ3v) is 3.56. The van der Waals surface area contributed by atoms with E-state index in [1.54, 1.807) is 24.3 Å². The topological polar surface area (TPSA) is 38.3 Å². The van der Waals surface area contributed by atoms with Crippen LogP contribution in [-0.4, -0.2) is 12.0 Å². The first kappa shape index (κ1) is 15.9. The molecule has 0 fully saturated rings. The van der Waals surface area contributed by atoms with Crippen molar-refractivity contribution in [2.45, 2.75) is 20.0 Å². The molecule has 1 N–H and O–H groups in total. The molecule has 0 saturated heterocycles. The molecule has 0 unspecified atom stereocenters. The molecule has 0 aromatic heterocycles. The average Bonchev–Trinajstić information content (AvgIpc) is 2.40. The summed E-state index contributed by atoms with van der Waals surface area (Å²) in [6, 6.07) is 12.4. The van der Waals surface area contributed by atoms with Crippen LogP contribution in [-0.2, 0) is 0 Å². The van der Waals surface area contributed by atoms with E-state index in [-0.39, 0.29) is 12.0 Å². The Morgan fingerprint density at radius 2 is 1.95 bits per heavy atom. The van der Waals surface area contributed by atoms with Gasteiger partial charge in [-0.25, -0.2) is 0 Å². The van der Waals surface area contributed by atoms with Gasteiger partial charge in [0.1, 0.15) is 5.75 Å². The molecule has 0 bridgehead atoms. The van der Waals surface area contributed by atoms with E-state index in [2.05, 4.69) is 21.2 Å². The fourth-order valence-electron chi connectivity index (χ4n) is 1.79. The number of nitrogens with one attached hydrogen (secondary N) is 1. The zero-order chi connectivity index (χ0) is 15.4. The summed E-state index contributed by atoms with van der Waals surface area (Å²) in [5.41, 5.74) is 1.15.